The summed E-state index contributed by atoms with van der Waals surface area (Å²) in [4.78, 5) is 0. The molecule has 4 heteroatoms. The van der Waals surface area contributed by atoms with Crippen molar-refractivity contribution in [2.45, 2.75) is 26.7 Å². The predicted octanol–water partition coefficient (Wildman–Crippen LogP) is 9.52. The summed E-state index contributed by atoms with van der Waals surface area (Å²) in [5, 5.41) is 0. The minimum Gasteiger partial charge on any atom is -0.491 e. The van der Waals surface area contributed by atoms with Crippen LogP contribution in [0.15, 0.2) is 72.8 Å². The van der Waals surface area contributed by atoms with Gasteiger partial charge in [-0.3, -0.25) is 0 Å². The smallest absolute Gasteiger partial charge is 0.130 e. The monoisotopic (exact) mass is 540 g/mol. The topological polar surface area (TPSA) is 18.5 Å². The van der Waals surface area contributed by atoms with Crippen molar-refractivity contribution in [3.8, 4) is 16.9 Å². The Kier molecular flexibility index (Phi) is 9.75. The van der Waals surface area contributed by atoms with E-state index in [-0.39, 0.29) is 5.82 Å². The molecule has 0 amide bonds. The molecule has 0 aromatic heterocycles. The lowest BCUT2D eigenvalue weighted by atomic mass is 9.91. The number of ether oxygens (including phenoxy) is 2. The molecule has 0 N–H and O–H groups in total. The van der Waals surface area contributed by atoms with E-state index in [9.17, 15) is 4.39 Å². The van der Waals surface area contributed by atoms with Gasteiger partial charge in [-0.1, -0.05) is 78.9 Å². The average molecular weight is 541 g/mol. The van der Waals surface area contributed by atoms with E-state index >= 15 is 0 Å². The zero-order valence-electron chi connectivity index (χ0n) is 22.9. The maximum Gasteiger partial charge on any atom is 0.130 e. The van der Waals surface area contributed by atoms with Crippen molar-refractivity contribution in [2.75, 3.05) is 20.3 Å². The molecular weight excluding hydrogens is 507 g/mol. The Morgan fingerprint density at radius 1 is 0.692 bits per heavy atom. The van der Waals surface area contributed by atoms with Gasteiger partial charge in [-0.15, -0.1) is 11.6 Å². The second-order valence-corrected chi connectivity index (χ2v) is 9.82. The summed E-state index contributed by atoms with van der Waals surface area (Å²) in [6.45, 7) is 7.27. The first-order valence-electron chi connectivity index (χ1n) is 13.0. The Balaban J connectivity index is 1.62. The number of halogens is 2. The quantitative estimate of drug-likeness (QED) is 0.113. The van der Waals surface area contributed by atoms with Gasteiger partial charge in [0.1, 0.15) is 18.2 Å². The SMILES string of the molecule is COCCOc1ccc(F)c(/C=C/c2cccc(-c3cccc(/C=C/c4cc(CCl)ccc4C)c3C)c2C)c1. The molecule has 0 aliphatic carbocycles. The molecule has 0 radical (unpaired) electrons. The van der Waals surface area contributed by atoms with Crippen LogP contribution in [0.3, 0.4) is 0 Å². The Morgan fingerprint density at radius 3 is 1.92 bits per heavy atom. The fourth-order valence-corrected chi connectivity index (χ4v) is 4.71. The first kappa shape index (κ1) is 28.4. The molecule has 39 heavy (non-hydrogen) atoms. The molecular formula is C35H34ClFO2. The van der Waals surface area contributed by atoms with E-state index in [4.69, 9.17) is 21.1 Å². The van der Waals surface area contributed by atoms with Gasteiger partial charge < -0.3 is 9.47 Å². The van der Waals surface area contributed by atoms with Crippen LogP contribution >= 0.6 is 11.6 Å². The van der Waals surface area contributed by atoms with Crippen molar-refractivity contribution >= 4 is 35.9 Å². The number of hydrogen-bond donors (Lipinski definition) is 0. The third kappa shape index (κ3) is 7.06. The number of methoxy groups -OCH3 is 1. The molecule has 0 fully saturated rings. The average Bonchev–Trinajstić information content (AvgIpc) is 2.94. The van der Waals surface area contributed by atoms with Crippen molar-refractivity contribution in [3.05, 3.63) is 123 Å². The van der Waals surface area contributed by atoms with Gasteiger partial charge in [0.2, 0.25) is 0 Å². The zero-order chi connectivity index (χ0) is 27.8. The van der Waals surface area contributed by atoms with Gasteiger partial charge in [0.05, 0.1) is 6.61 Å². The minimum atomic E-state index is -0.290. The van der Waals surface area contributed by atoms with Gasteiger partial charge in [0.15, 0.2) is 0 Å². The van der Waals surface area contributed by atoms with Crippen LogP contribution < -0.4 is 4.74 Å². The molecule has 200 valence electrons. The number of aryl methyl sites for hydroxylation is 1. The van der Waals surface area contributed by atoms with Crippen LogP contribution in [0.5, 0.6) is 5.75 Å². The normalized spacial score (nSPS) is 11.5. The lowest BCUT2D eigenvalue weighted by molar-refractivity contribution is 0.146. The largest absolute Gasteiger partial charge is 0.491 e. The van der Waals surface area contributed by atoms with E-state index in [2.05, 4.69) is 81.5 Å². The fourth-order valence-electron chi connectivity index (χ4n) is 4.55. The maximum absolute atomic E-state index is 14.5. The molecule has 0 saturated carbocycles. The minimum absolute atomic E-state index is 0.290. The van der Waals surface area contributed by atoms with Crippen molar-refractivity contribution in [2.24, 2.45) is 0 Å². The molecule has 2 nitrogen and oxygen atoms in total. The van der Waals surface area contributed by atoms with Crippen LogP contribution in [0.2, 0.25) is 0 Å². The van der Waals surface area contributed by atoms with Crippen molar-refractivity contribution in [1.82, 2.24) is 0 Å². The highest BCUT2D eigenvalue weighted by Gasteiger charge is 2.10. The van der Waals surface area contributed by atoms with Crippen LogP contribution in [0, 0.1) is 26.6 Å². The maximum atomic E-state index is 14.5. The summed E-state index contributed by atoms with van der Waals surface area (Å²) in [6.07, 6.45) is 8.09. The molecule has 0 saturated heterocycles. The van der Waals surface area contributed by atoms with Crippen LogP contribution in [0.25, 0.3) is 35.4 Å². The third-order valence-corrected chi connectivity index (χ3v) is 7.26. The van der Waals surface area contributed by atoms with Crippen molar-refractivity contribution < 1.29 is 13.9 Å². The second kappa shape index (κ2) is 13.4. The summed E-state index contributed by atoms with van der Waals surface area (Å²) in [5.74, 6) is 0.824. The molecule has 0 unspecified atom stereocenters. The molecule has 0 aliphatic rings. The van der Waals surface area contributed by atoms with E-state index in [1.165, 1.54) is 28.3 Å². The van der Waals surface area contributed by atoms with Crippen molar-refractivity contribution in [3.63, 3.8) is 0 Å². The van der Waals surface area contributed by atoms with Crippen LogP contribution in [0.4, 0.5) is 4.39 Å². The first-order valence-corrected chi connectivity index (χ1v) is 13.6. The molecule has 4 aromatic carbocycles. The van der Waals surface area contributed by atoms with Gasteiger partial charge >= 0.3 is 0 Å². The molecule has 0 heterocycles. The number of alkyl halides is 1. The van der Waals surface area contributed by atoms with E-state index in [1.54, 1.807) is 25.3 Å². The number of hydrogen-bond acceptors (Lipinski definition) is 2. The van der Waals surface area contributed by atoms with Gasteiger partial charge in [0, 0.05) is 18.6 Å². The lowest BCUT2D eigenvalue weighted by Crippen LogP contribution is -2.04. The Hall–Kier alpha value is -3.66. The molecule has 4 aromatic rings. The molecule has 0 spiro atoms. The van der Waals surface area contributed by atoms with Gasteiger partial charge in [-0.05, 0) is 89.0 Å². The van der Waals surface area contributed by atoms with Crippen LogP contribution in [-0.2, 0) is 10.6 Å². The van der Waals surface area contributed by atoms with Gasteiger partial charge in [-0.25, -0.2) is 4.39 Å². The molecule has 4 rings (SSSR count). The lowest BCUT2D eigenvalue weighted by Gasteiger charge is -2.14. The Labute approximate surface area is 236 Å². The van der Waals surface area contributed by atoms with Crippen molar-refractivity contribution in [1.29, 1.82) is 0 Å². The summed E-state index contributed by atoms with van der Waals surface area (Å²) >= 11 is 6.05. The van der Waals surface area contributed by atoms with Gasteiger partial charge in [-0.2, -0.15) is 0 Å². The number of benzene rings is 4. The summed E-state index contributed by atoms with van der Waals surface area (Å²) in [5.41, 5.74) is 10.8. The molecule has 0 atom stereocenters. The van der Waals surface area contributed by atoms with E-state index < -0.39 is 0 Å². The number of rotatable bonds is 10. The highest BCUT2D eigenvalue weighted by atomic mass is 35.5. The highest BCUT2D eigenvalue weighted by Crippen LogP contribution is 2.32. The molecule has 0 bridgehead atoms. The Bertz CT molecular complexity index is 1500. The summed E-state index contributed by atoms with van der Waals surface area (Å²) in [7, 11) is 1.62. The van der Waals surface area contributed by atoms with Gasteiger partial charge in [0.25, 0.3) is 0 Å². The Morgan fingerprint density at radius 2 is 1.31 bits per heavy atom. The first-order chi connectivity index (χ1) is 18.9. The summed E-state index contributed by atoms with van der Waals surface area (Å²) in [6, 6.07) is 23.7. The predicted molar refractivity (Wildman–Crippen MR) is 164 cm³/mol. The van der Waals surface area contributed by atoms with E-state index in [1.807, 2.05) is 12.1 Å². The third-order valence-electron chi connectivity index (χ3n) is 6.95. The van der Waals surface area contributed by atoms with Crippen LogP contribution in [0.1, 0.15) is 44.5 Å². The van der Waals surface area contributed by atoms with Crippen LogP contribution in [-0.4, -0.2) is 20.3 Å². The van der Waals surface area contributed by atoms with E-state index in [0.717, 1.165) is 27.8 Å². The molecule has 0 aliphatic heterocycles. The standard InChI is InChI=1S/C35H34ClFO2/c1-24-11-12-27(23-36)21-30(24)15-13-28-7-5-9-33(25(28)2)34-10-6-8-29(26(34)3)14-16-31-22-32(17-18-35(31)37)39-20-19-38-4/h5-18,21-22H,19-20,23H2,1-4H3/b15-13+,16-14+. The highest BCUT2D eigenvalue weighted by molar-refractivity contribution is 6.17. The second-order valence-electron chi connectivity index (χ2n) is 9.56. The summed E-state index contributed by atoms with van der Waals surface area (Å²) < 4.78 is 25.2. The zero-order valence-corrected chi connectivity index (χ0v) is 23.7. The van der Waals surface area contributed by atoms with E-state index in [0.29, 0.717) is 30.4 Å². The fraction of sp³-hybridized carbons (Fsp3) is 0.200.